The minimum absolute atomic E-state index is 0.245. The second kappa shape index (κ2) is 6.64. The average molecular weight is 316 g/mol. The lowest BCUT2D eigenvalue weighted by Crippen LogP contribution is -2.29. The first kappa shape index (κ1) is 17.1. The van der Waals surface area contributed by atoms with Crippen LogP contribution >= 0.6 is 0 Å². The second-order valence-electron chi connectivity index (χ2n) is 4.42. The SMILES string of the molecule is CCCCN(C)S(=O)(=O)c1ccc([N+](=O)[O-])cc1C(=O)O. The van der Waals surface area contributed by atoms with Crippen LogP contribution in [-0.4, -0.2) is 42.3 Å². The summed E-state index contributed by atoms with van der Waals surface area (Å²) >= 11 is 0. The van der Waals surface area contributed by atoms with E-state index in [0.717, 1.165) is 28.9 Å². The lowest BCUT2D eigenvalue weighted by atomic mass is 10.2. The van der Waals surface area contributed by atoms with Crippen LogP contribution in [0.15, 0.2) is 23.1 Å². The number of rotatable bonds is 7. The third kappa shape index (κ3) is 3.76. The van der Waals surface area contributed by atoms with E-state index in [2.05, 4.69) is 0 Å². The molecule has 0 aliphatic heterocycles. The van der Waals surface area contributed by atoms with Gasteiger partial charge in [0, 0.05) is 25.7 Å². The maximum absolute atomic E-state index is 12.3. The summed E-state index contributed by atoms with van der Waals surface area (Å²) in [7, 11) is -2.65. The van der Waals surface area contributed by atoms with E-state index in [9.17, 15) is 23.3 Å². The number of carboxylic acid groups (broad SMARTS) is 1. The molecular formula is C12H16N2O6S. The molecule has 1 rings (SSSR count). The Morgan fingerprint density at radius 2 is 2.05 bits per heavy atom. The highest BCUT2D eigenvalue weighted by atomic mass is 32.2. The molecule has 0 heterocycles. The Kier molecular flexibility index (Phi) is 5.39. The number of nitrogens with zero attached hydrogens (tertiary/aromatic N) is 2. The van der Waals surface area contributed by atoms with Gasteiger partial charge < -0.3 is 5.11 Å². The zero-order valence-electron chi connectivity index (χ0n) is 11.6. The maximum atomic E-state index is 12.3. The molecule has 1 aromatic carbocycles. The molecule has 8 nitrogen and oxygen atoms in total. The molecule has 9 heteroatoms. The first-order chi connectivity index (χ1) is 9.71. The molecular weight excluding hydrogens is 300 g/mol. The van der Waals surface area contributed by atoms with E-state index in [1.54, 1.807) is 0 Å². The molecule has 0 aliphatic carbocycles. The van der Waals surface area contributed by atoms with Crippen molar-refractivity contribution in [1.82, 2.24) is 4.31 Å². The molecule has 0 radical (unpaired) electrons. The Balaban J connectivity index is 3.35. The van der Waals surface area contributed by atoms with Crippen LogP contribution in [0, 0.1) is 10.1 Å². The van der Waals surface area contributed by atoms with Gasteiger partial charge in [0.2, 0.25) is 10.0 Å². The number of aromatic carboxylic acids is 1. The smallest absolute Gasteiger partial charge is 0.337 e. The number of sulfonamides is 1. The molecule has 0 fully saturated rings. The number of carboxylic acids is 1. The number of hydrogen-bond acceptors (Lipinski definition) is 5. The summed E-state index contributed by atoms with van der Waals surface area (Å²) in [5, 5.41) is 19.8. The monoisotopic (exact) mass is 316 g/mol. The van der Waals surface area contributed by atoms with Gasteiger partial charge in [-0.1, -0.05) is 13.3 Å². The summed E-state index contributed by atoms with van der Waals surface area (Å²) < 4.78 is 25.7. The third-order valence-corrected chi connectivity index (χ3v) is 4.83. The van der Waals surface area contributed by atoms with Crippen molar-refractivity contribution in [3.8, 4) is 0 Å². The average Bonchev–Trinajstić information content (AvgIpc) is 2.43. The standard InChI is InChI=1S/C12H16N2O6S/c1-3-4-7-13(2)21(19,20)11-6-5-9(14(17)18)8-10(11)12(15)16/h5-6,8H,3-4,7H2,1-2H3,(H,15,16). The van der Waals surface area contributed by atoms with E-state index in [-0.39, 0.29) is 6.54 Å². The van der Waals surface area contributed by atoms with Crippen LogP contribution in [-0.2, 0) is 10.0 Å². The maximum Gasteiger partial charge on any atom is 0.337 e. The van der Waals surface area contributed by atoms with Crippen LogP contribution < -0.4 is 0 Å². The van der Waals surface area contributed by atoms with E-state index in [0.29, 0.717) is 6.42 Å². The number of benzene rings is 1. The molecule has 0 aliphatic rings. The molecule has 0 aromatic heterocycles. The minimum Gasteiger partial charge on any atom is -0.478 e. The first-order valence-electron chi connectivity index (χ1n) is 6.20. The second-order valence-corrected chi connectivity index (χ2v) is 6.44. The van der Waals surface area contributed by atoms with Crippen molar-refractivity contribution in [3.63, 3.8) is 0 Å². The van der Waals surface area contributed by atoms with Crippen LogP contribution in [0.1, 0.15) is 30.1 Å². The fourth-order valence-corrected chi connectivity index (χ4v) is 3.06. The number of carbonyl (C=O) groups is 1. The van der Waals surface area contributed by atoms with Crippen LogP contribution in [0.4, 0.5) is 5.69 Å². The summed E-state index contributed by atoms with van der Waals surface area (Å²) in [5.41, 5.74) is -1.07. The van der Waals surface area contributed by atoms with Gasteiger partial charge in [-0.05, 0) is 12.5 Å². The highest BCUT2D eigenvalue weighted by Gasteiger charge is 2.28. The van der Waals surface area contributed by atoms with Crippen molar-refractivity contribution in [1.29, 1.82) is 0 Å². The van der Waals surface area contributed by atoms with Gasteiger partial charge >= 0.3 is 5.97 Å². The number of non-ortho nitro benzene ring substituents is 1. The van der Waals surface area contributed by atoms with Gasteiger partial charge in [0.15, 0.2) is 0 Å². The Bertz CT molecular complexity index is 656. The van der Waals surface area contributed by atoms with Crippen molar-refractivity contribution in [2.24, 2.45) is 0 Å². The Morgan fingerprint density at radius 3 is 2.52 bits per heavy atom. The molecule has 0 saturated carbocycles. The first-order valence-corrected chi connectivity index (χ1v) is 7.64. The zero-order chi connectivity index (χ0) is 16.2. The highest BCUT2D eigenvalue weighted by Crippen LogP contribution is 2.24. The molecule has 0 amide bonds. The molecule has 116 valence electrons. The summed E-state index contributed by atoms with van der Waals surface area (Å²) in [4.78, 5) is 20.6. The fourth-order valence-electron chi connectivity index (χ4n) is 1.69. The van der Waals surface area contributed by atoms with Crippen LogP contribution in [0.3, 0.4) is 0 Å². The summed E-state index contributed by atoms with van der Waals surface area (Å²) in [6.07, 6.45) is 1.41. The van der Waals surface area contributed by atoms with Crippen LogP contribution in [0.2, 0.25) is 0 Å². The highest BCUT2D eigenvalue weighted by molar-refractivity contribution is 7.89. The molecule has 21 heavy (non-hydrogen) atoms. The molecule has 0 saturated heterocycles. The number of hydrogen-bond donors (Lipinski definition) is 1. The van der Waals surface area contributed by atoms with E-state index in [4.69, 9.17) is 5.11 Å². The Morgan fingerprint density at radius 1 is 1.43 bits per heavy atom. The van der Waals surface area contributed by atoms with E-state index < -0.39 is 37.1 Å². The molecule has 0 atom stereocenters. The van der Waals surface area contributed by atoms with Gasteiger partial charge in [0.1, 0.15) is 0 Å². The predicted octanol–water partition coefficient (Wildman–Crippen LogP) is 1.71. The quantitative estimate of drug-likeness (QED) is 0.604. The number of nitro groups is 1. The fraction of sp³-hybridized carbons (Fsp3) is 0.417. The van der Waals surface area contributed by atoms with Crippen LogP contribution in [0.5, 0.6) is 0 Å². The minimum atomic E-state index is -4.00. The van der Waals surface area contributed by atoms with Crippen LogP contribution in [0.25, 0.3) is 0 Å². The number of unbranched alkanes of at least 4 members (excludes halogenated alkanes) is 1. The van der Waals surface area contributed by atoms with Crippen molar-refractivity contribution in [2.45, 2.75) is 24.7 Å². The zero-order valence-corrected chi connectivity index (χ0v) is 12.5. The molecule has 1 aromatic rings. The van der Waals surface area contributed by atoms with Crippen molar-refractivity contribution >= 4 is 21.7 Å². The van der Waals surface area contributed by atoms with E-state index in [1.807, 2.05) is 6.92 Å². The summed E-state index contributed by atoms with van der Waals surface area (Å²) in [6, 6.07) is 2.69. The lowest BCUT2D eigenvalue weighted by molar-refractivity contribution is -0.384. The molecule has 0 bridgehead atoms. The number of nitro benzene ring substituents is 1. The molecule has 0 spiro atoms. The van der Waals surface area contributed by atoms with Gasteiger partial charge in [0.25, 0.3) is 5.69 Å². The van der Waals surface area contributed by atoms with E-state index in [1.165, 1.54) is 7.05 Å². The van der Waals surface area contributed by atoms with Crippen molar-refractivity contribution in [2.75, 3.05) is 13.6 Å². The molecule has 0 unspecified atom stereocenters. The summed E-state index contributed by atoms with van der Waals surface area (Å²) in [5.74, 6) is -1.53. The third-order valence-electron chi connectivity index (χ3n) is 2.92. The van der Waals surface area contributed by atoms with Gasteiger partial charge in [-0.15, -0.1) is 0 Å². The Labute approximate surface area is 122 Å². The molecule has 1 N–H and O–H groups in total. The van der Waals surface area contributed by atoms with Gasteiger partial charge in [-0.25, -0.2) is 17.5 Å². The van der Waals surface area contributed by atoms with Gasteiger partial charge in [-0.3, -0.25) is 10.1 Å². The topological polar surface area (TPSA) is 118 Å². The van der Waals surface area contributed by atoms with Crippen molar-refractivity contribution < 1.29 is 23.2 Å². The van der Waals surface area contributed by atoms with E-state index >= 15 is 0 Å². The predicted molar refractivity (Wildman–Crippen MR) is 74.8 cm³/mol. The van der Waals surface area contributed by atoms with Crippen molar-refractivity contribution in [3.05, 3.63) is 33.9 Å². The lowest BCUT2D eigenvalue weighted by Gasteiger charge is -2.17. The van der Waals surface area contributed by atoms with Gasteiger partial charge in [0.05, 0.1) is 15.4 Å². The Hall–Kier alpha value is -2.00. The van der Waals surface area contributed by atoms with Gasteiger partial charge in [-0.2, -0.15) is 0 Å². The normalized spacial score (nSPS) is 11.6. The largest absolute Gasteiger partial charge is 0.478 e. The summed E-state index contributed by atoms with van der Waals surface area (Å²) in [6.45, 7) is 2.14.